The van der Waals surface area contributed by atoms with Gasteiger partial charge in [-0.25, -0.2) is 4.39 Å². The van der Waals surface area contributed by atoms with E-state index in [1.165, 1.54) is 6.07 Å². The first-order chi connectivity index (χ1) is 10.1. The first-order valence-corrected chi connectivity index (χ1v) is 7.32. The Hall–Kier alpha value is -1.17. The molecular formula is C16H26FNO3. The number of hydrogen-bond donors (Lipinski definition) is 1. The van der Waals surface area contributed by atoms with Crippen molar-refractivity contribution in [3.8, 4) is 5.75 Å². The molecular weight excluding hydrogens is 273 g/mol. The van der Waals surface area contributed by atoms with Crippen LogP contribution in [0.1, 0.15) is 19.4 Å². The quantitative estimate of drug-likeness (QED) is 0.638. The number of hydrogen-bond acceptors (Lipinski definition) is 4. The summed E-state index contributed by atoms with van der Waals surface area (Å²) in [6.07, 6.45) is 0. The first kappa shape index (κ1) is 17.9. The van der Waals surface area contributed by atoms with Gasteiger partial charge in [-0.05, 0) is 18.5 Å². The molecule has 0 aliphatic carbocycles. The van der Waals surface area contributed by atoms with Crippen molar-refractivity contribution in [2.45, 2.75) is 20.4 Å². The molecule has 0 atom stereocenters. The Morgan fingerprint density at radius 2 is 1.90 bits per heavy atom. The van der Waals surface area contributed by atoms with E-state index in [4.69, 9.17) is 14.2 Å². The van der Waals surface area contributed by atoms with Crippen LogP contribution in [0.2, 0.25) is 0 Å². The second-order valence-corrected chi connectivity index (χ2v) is 5.21. The molecule has 0 heterocycles. The molecule has 0 aliphatic rings. The zero-order valence-corrected chi connectivity index (χ0v) is 13.2. The molecule has 0 bridgehead atoms. The van der Waals surface area contributed by atoms with Gasteiger partial charge >= 0.3 is 0 Å². The summed E-state index contributed by atoms with van der Waals surface area (Å²) >= 11 is 0. The van der Waals surface area contributed by atoms with Crippen molar-refractivity contribution in [2.24, 2.45) is 5.92 Å². The highest BCUT2D eigenvalue weighted by Gasteiger charge is 2.09. The molecule has 0 saturated heterocycles. The largest absolute Gasteiger partial charge is 0.488 e. The van der Waals surface area contributed by atoms with E-state index in [2.05, 4.69) is 19.2 Å². The Bertz CT molecular complexity index is 399. The summed E-state index contributed by atoms with van der Waals surface area (Å²) in [6, 6.07) is 4.98. The highest BCUT2D eigenvalue weighted by atomic mass is 19.1. The Morgan fingerprint density at radius 3 is 2.62 bits per heavy atom. The second kappa shape index (κ2) is 10.5. The van der Waals surface area contributed by atoms with E-state index in [9.17, 15) is 4.39 Å². The Morgan fingerprint density at radius 1 is 1.14 bits per heavy atom. The summed E-state index contributed by atoms with van der Waals surface area (Å²) in [5, 5.41) is 3.29. The molecule has 1 N–H and O–H groups in total. The number of ether oxygens (including phenoxy) is 3. The van der Waals surface area contributed by atoms with Crippen molar-refractivity contribution in [3.05, 3.63) is 29.6 Å². The Balaban J connectivity index is 2.43. The average Bonchev–Trinajstić information content (AvgIpc) is 2.44. The molecule has 0 spiro atoms. The lowest BCUT2D eigenvalue weighted by atomic mass is 10.1. The smallest absolute Gasteiger partial charge is 0.165 e. The van der Waals surface area contributed by atoms with Crippen LogP contribution in [0.25, 0.3) is 0 Å². The minimum Gasteiger partial charge on any atom is -0.488 e. The first-order valence-electron chi connectivity index (χ1n) is 7.32. The lowest BCUT2D eigenvalue weighted by Crippen LogP contribution is -2.20. The fourth-order valence-electron chi connectivity index (χ4n) is 1.80. The van der Waals surface area contributed by atoms with Gasteiger partial charge in [-0.2, -0.15) is 0 Å². The van der Waals surface area contributed by atoms with Crippen molar-refractivity contribution >= 4 is 0 Å². The van der Waals surface area contributed by atoms with Crippen molar-refractivity contribution < 1.29 is 18.6 Å². The molecule has 1 rings (SSSR count). The van der Waals surface area contributed by atoms with E-state index >= 15 is 0 Å². The molecule has 1 aromatic carbocycles. The number of methoxy groups -OCH3 is 1. The third-order valence-corrected chi connectivity index (χ3v) is 2.82. The molecule has 0 aromatic heterocycles. The van der Waals surface area contributed by atoms with E-state index in [-0.39, 0.29) is 5.82 Å². The lowest BCUT2D eigenvalue weighted by molar-refractivity contribution is 0.0536. The van der Waals surface area contributed by atoms with Crippen molar-refractivity contribution in [2.75, 3.05) is 40.1 Å². The molecule has 0 unspecified atom stereocenters. The Labute approximate surface area is 126 Å². The zero-order valence-electron chi connectivity index (χ0n) is 13.2. The van der Waals surface area contributed by atoms with Crippen LogP contribution in [0, 0.1) is 11.7 Å². The van der Waals surface area contributed by atoms with Gasteiger partial charge in [0.25, 0.3) is 0 Å². The molecule has 1 aromatic rings. The fraction of sp³-hybridized carbons (Fsp3) is 0.625. The summed E-state index contributed by atoms with van der Waals surface area (Å²) in [7, 11) is 1.62. The van der Waals surface area contributed by atoms with Crippen LogP contribution < -0.4 is 10.1 Å². The van der Waals surface area contributed by atoms with Gasteiger partial charge in [0.1, 0.15) is 6.61 Å². The average molecular weight is 299 g/mol. The predicted octanol–water partition coefficient (Wildman–Crippen LogP) is 2.61. The summed E-state index contributed by atoms with van der Waals surface area (Å²) in [5.74, 6) is 0.525. The van der Waals surface area contributed by atoms with Crippen LogP contribution in [-0.4, -0.2) is 40.1 Å². The van der Waals surface area contributed by atoms with Gasteiger partial charge in [-0.1, -0.05) is 26.0 Å². The number of nitrogens with one attached hydrogen (secondary N) is 1. The van der Waals surface area contributed by atoms with E-state index in [1.807, 2.05) is 6.07 Å². The van der Waals surface area contributed by atoms with Gasteiger partial charge < -0.3 is 19.5 Å². The molecule has 0 aliphatic heterocycles. The van der Waals surface area contributed by atoms with Crippen LogP contribution in [-0.2, 0) is 16.0 Å². The van der Waals surface area contributed by atoms with Gasteiger partial charge in [0.05, 0.1) is 19.8 Å². The highest BCUT2D eigenvalue weighted by molar-refractivity contribution is 5.34. The van der Waals surface area contributed by atoms with E-state index in [0.717, 1.165) is 12.1 Å². The molecule has 0 fully saturated rings. The van der Waals surface area contributed by atoms with Crippen molar-refractivity contribution in [1.82, 2.24) is 5.32 Å². The topological polar surface area (TPSA) is 39.7 Å². The highest BCUT2D eigenvalue weighted by Crippen LogP contribution is 2.22. The van der Waals surface area contributed by atoms with Gasteiger partial charge in [-0.15, -0.1) is 0 Å². The second-order valence-electron chi connectivity index (χ2n) is 5.21. The third kappa shape index (κ3) is 7.41. The van der Waals surface area contributed by atoms with Gasteiger partial charge in [0, 0.05) is 19.2 Å². The number of halogens is 1. The maximum Gasteiger partial charge on any atom is 0.165 e. The predicted molar refractivity (Wildman–Crippen MR) is 81.1 cm³/mol. The molecule has 120 valence electrons. The molecule has 0 saturated carbocycles. The summed E-state index contributed by atoms with van der Waals surface area (Å²) < 4.78 is 29.6. The summed E-state index contributed by atoms with van der Waals surface area (Å²) in [4.78, 5) is 0. The standard InChI is InChI=1S/C16H26FNO3/c1-13(2)11-18-12-14-5-4-6-15(17)16(14)21-10-9-20-8-7-19-3/h4-6,13,18H,7-12H2,1-3H3. The summed E-state index contributed by atoms with van der Waals surface area (Å²) in [5.41, 5.74) is 0.826. The third-order valence-electron chi connectivity index (χ3n) is 2.82. The summed E-state index contributed by atoms with van der Waals surface area (Å²) in [6.45, 7) is 7.54. The number of para-hydroxylation sites is 1. The molecule has 21 heavy (non-hydrogen) atoms. The van der Waals surface area contributed by atoms with E-state index in [0.29, 0.717) is 44.6 Å². The van der Waals surface area contributed by atoms with Crippen LogP contribution in [0.3, 0.4) is 0 Å². The fourth-order valence-corrected chi connectivity index (χ4v) is 1.80. The maximum atomic E-state index is 13.9. The lowest BCUT2D eigenvalue weighted by Gasteiger charge is -2.14. The number of rotatable bonds is 11. The van der Waals surface area contributed by atoms with E-state index < -0.39 is 0 Å². The monoisotopic (exact) mass is 299 g/mol. The van der Waals surface area contributed by atoms with Crippen LogP contribution in [0.5, 0.6) is 5.75 Å². The molecule has 0 radical (unpaired) electrons. The van der Waals surface area contributed by atoms with Crippen molar-refractivity contribution in [3.63, 3.8) is 0 Å². The molecule has 5 heteroatoms. The van der Waals surface area contributed by atoms with Crippen LogP contribution in [0.15, 0.2) is 18.2 Å². The zero-order chi connectivity index (χ0) is 15.5. The van der Waals surface area contributed by atoms with Gasteiger partial charge in [0.2, 0.25) is 0 Å². The normalized spacial score (nSPS) is 11.1. The Kier molecular flexibility index (Phi) is 8.98. The van der Waals surface area contributed by atoms with Crippen LogP contribution >= 0.6 is 0 Å². The minimum atomic E-state index is -0.337. The number of benzene rings is 1. The van der Waals surface area contributed by atoms with Crippen molar-refractivity contribution in [1.29, 1.82) is 0 Å². The van der Waals surface area contributed by atoms with Crippen LogP contribution in [0.4, 0.5) is 4.39 Å². The molecule has 4 nitrogen and oxygen atoms in total. The van der Waals surface area contributed by atoms with E-state index in [1.54, 1.807) is 13.2 Å². The van der Waals surface area contributed by atoms with Gasteiger partial charge in [-0.3, -0.25) is 0 Å². The van der Waals surface area contributed by atoms with Gasteiger partial charge in [0.15, 0.2) is 11.6 Å². The molecule has 0 amide bonds. The maximum absolute atomic E-state index is 13.9. The minimum absolute atomic E-state index is 0.309. The SMILES string of the molecule is COCCOCCOc1c(F)cccc1CNCC(C)C.